The van der Waals surface area contributed by atoms with Crippen LogP contribution in [-0.2, 0) is 0 Å². The molecule has 0 amide bonds. The molecule has 0 fully saturated rings. The largest absolute Gasteiger partial charge is 0.497 e. The van der Waals surface area contributed by atoms with Gasteiger partial charge in [0.1, 0.15) is 34.4 Å². The number of methoxy groups -OCH3 is 2. The number of fused-ring (bicyclic) bond motifs is 3. The number of hydrogen-bond acceptors (Lipinski definition) is 6. The maximum atomic E-state index is 13.0. The van der Waals surface area contributed by atoms with Gasteiger partial charge in [0.15, 0.2) is 11.2 Å². The van der Waals surface area contributed by atoms with Gasteiger partial charge in [0, 0.05) is 28.6 Å². The molecule has 32 heavy (non-hydrogen) atoms. The van der Waals surface area contributed by atoms with Crippen molar-refractivity contribution in [2.24, 2.45) is 0 Å². The Kier molecular flexibility index (Phi) is 4.61. The number of rotatable bonds is 4. The third-order valence-corrected chi connectivity index (χ3v) is 5.33. The lowest BCUT2D eigenvalue weighted by atomic mass is 10.1. The molecule has 7 nitrogen and oxygen atoms in total. The summed E-state index contributed by atoms with van der Waals surface area (Å²) in [5.41, 5.74) is 2.16. The van der Waals surface area contributed by atoms with Gasteiger partial charge in [-0.15, -0.1) is 0 Å². The van der Waals surface area contributed by atoms with Crippen molar-refractivity contribution in [2.75, 3.05) is 14.2 Å². The number of hydrogen-bond donors (Lipinski definition) is 1. The van der Waals surface area contributed by atoms with Gasteiger partial charge < -0.3 is 19.2 Å². The summed E-state index contributed by atoms with van der Waals surface area (Å²) in [6.45, 7) is 0. The summed E-state index contributed by atoms with van der Waals surface area (Å²) in [6, 6.07) is 18.1. The van der Waals surface area contributed by atoms with Crippen LogP contribution < -0.4 is 19.6 Å². The van der Waals surface area contributed by atoms with Crippen LogP contribution >= 0.6 is 0 Å². The monoisotopic (exact) mass is 423 g/mol. The fourth-order valence-corrected chi connectivity index (χ4v) is 3.77. The van der Waals surface area contributed by atoms with Gasteiger partial charge in [0.05, 0.1) is 25.1 Å². The highest BCUT2D eigenvalue weighted by molar-refractivity contribution is 5.94. The van der Waals surface area contributed by atoms with E-state index < -0.39 is 0 Å². The normalized spacial score (nSPS) is 10.9. The first-order valence-corrected chi connectivity index (χ1v) is 9.80. The summed E-state index contributed by atoms with van der Waals surface area (Å²) < 4.78 is 17.0. The topological polar surface area (TPSA) is 97.2 Å². The number of benzene rings is 3. The van der Waals surface area contributed by atoms with Crippen LogP contribution in [0.15, 0.2) is 65.6 Å². The van der Waals surface area contributed by atoms with Crippen molar-refractivity contribution in [3.05, 3.63) is 76.6 Å². The second kappa shape index (κ2) is 7.60. The minimum atomic E-state index is -0.0942. The molecule has 0 aliphatic carbocycles. The van der Waals surface area contributed by atoms with Crippen LogP contribution in [0.5, 0.6) is 23.0 Å². The molecule has 5 aromatic rings. The molecule has 156 valence electrons. The zero-order chi connectivity index (χ0) is 22.2. The maximum absolute atomic E-state index is 13.0. The minimum absolute atomic E-state index is 0.0942. The van der Waals surface area contributed by atoms with E-state index in [9.17, 15) is 10.1 Å². The molecule has 0 unspecified atom stereocenters. The summed E-state index contributed by atoms with van der Waals surface area (Å²) in [5.74, 6) is 1.77. The first kappa shape index (κ1) is 19.4. The van der Waals surface area contributed by atoms with Crippen LogP contribution in [0.1, 0.15) is 5.56 Å². The molecule has 5 rings (SSSR count). The van der Waals surface area contributed by atoms with Crippen LogP contribution in [-0.4, -0.2) is 24.2 Å². The minimum Gasteiger partial charge on any atom is -0.497 e. The number of pyridine rings is 2. The molecule has 0 atom stereocenters. The first-order valence-electron chi connectivity index (χ1n) is 9.80. The zero-order valence-electron chi connectivity index (χ0n) is 17.3. The van der Waals surface area contributed by atoms with E-state index >= 15 is 0 Å². The summed E-state index contributed by atoms with van der Waals surface area (Å²) in [7, 11) is 3.08. The molecule has 3 aromatic carbocycles. The van der Waals surface area contributed by atoms with Crippen molar-refractivity contribution in [3.63, 3.8) is 0 Å². The smallest absolute Gasteiger partial charge is 0.197 e. The van der Waals surface area contributed by atoms with E-state index in [2.05, 4.69) is 16.0 Å². The summed E-state index contributed by atoms with van der Waals surface area (Å²) in [6.07, 6.45) is 1.44. The third kappa shape index (κ3) is 3.06. The number of nitrogens with one attached hydrogen (secondary N) is 1. The van der Waals surface area contributed by atoms with Crippen LogP contribution in [0.25, 0.3) is 32.7 Å². The Morgan fingerprint density at radius 3 is 2.47 bits per heavy atom. The van der Waals surface area contributed by atoms with E-state index in [1.807, 2.05) is 18.2 Å². The second-order valence-electron chi connectivity index (χ2n) is 7.15. The van der Waals surface area contributed by atoms with E-state index in [0.29, 0.717) is 50.2 Å². The molecular formula is C25H17N3O4. The molecule has 0 radical (unpaired) electrons. The highest BCUT2D eigenvalue weighted by Gasteiger charge is 2.17. The molecule has 2 aromatic heterocycles. The van der Waals surface area contributed by atoms with Gasteiger partial charge in [-0.05, 0) is 36.4 Å². The summed E-state index contributed by atoms with van der Waals surface area (Å²) >= 11 is 0. The van der Waals surface area contributed by atoms with E-state index in [1.165, 1.54) is 13.3 Å². The SMILES string of the molecule is COc1cc(OC)c2ncc(C#N)c(Oc3ccc4[nH]c5ccccc5c(=O)c4c3)c2c1. The molecule has 0 aliphatic heterocycles. The van der Waals surface area contributed by atoms with Crippen LogP contribution in [0.3, 0.4) is 0 Å². The second-order valence-corrected chi connectivity index (χ2v) is 7.15. The maximum Gasteiger partial charge on any atom is 0.197 e. The van der Waals surface area contributed by atoms with Crippen molar-refractivity contribution in [1.29, 1.82) is 5.26 Å². The number of ether oxygens (including phenoxy) is 3. The Morgan fingerprint density at radius 2 is 1.69 bits per heavy atom. The molecule has 7 heteroatoms. The summed E-state index contributed by atoms with van der Waals surface area (Å²) in [4.78, 5) is 20.7. The fraction of sp³-hybridized carbons (Fsp3) is 0.0800. The highest BCUT2D eigenvalue weighted by Crippen LogP contribution is 2.39. The van der Waals surface area contributed by atoms with Crippen molar-refractivity contribution < 1.29 is 14.2 Å². The van der Waals surface area contributed by atoms with Crippen molar-refractivity contribution >= 4 is 32.7 Å². The van der Waals surface area contributed by atoms with E-state index in [0.717, 1.165) is 5.52 Å². The number of nitriles is 1. The van der Waals surface area contributed by atoms with Gasteiger partial charge >= 0.3 is 0 Å². The lowest BCUT2D eigenvalue weighted by molar-refractivity contribution is 0.397. The number of nitrogens with zero attached hydrogens (tertiary/aromatic N) is 2. The van der Waals surface area contributed by atoms with Crippen LogP contribution in [0.2, 0.25) is 0 Å². The van der Waals surface area contributed by atoms with Gasteiger partial charge in [-0.1, -0.05) is 12.1 Å². The van der Waals surface area contributed by atoms with Crippen molar-refractivity contribution in [2.45, 2.75) is 0 Å². The van der Waals surface area contributed by atoms with Gasteiger partial charge in [0.2, 0.25) is 0 Å². The van der Waals surface area contributed by atoms with Crippen LogP contribution in [0.4, 0.5) is 0 Å². The highest BCUT2D eigenvalue weighted by atomic mass is 16.5. The summed E-state index contributed by atoms with van der Waals surface area (Å²) in [5, 5.41) is 11.3. The Bertz CT molecular complexity index is 1620. The van der Waals surface area contributed by atoms with Gasteiger partial charge in [0.25, 0.3) is 0 Å². The Hall–Kier alpha value is -4.57. The molecule has 0 saturated heterocycles. The van der Waals surface area contributed by atoms with E-state index in [-0.39, 0.29) is 11.0 Å². The molecule has 1 N–H and O–H groups in total. The Labute approximate surface area is 182 Å². The van der Waals surface area contributed by atoms with Gasteiger partial charge in [-0.3, -0.25) is 9.78 Å². The average Bonchev–Trinajstić information content (AvgIpc) is 2.84. The van der Waals surface area contributed by atoms with E-state index in [4.69, 9.17) is 14.2 Å². The third-order valence-electron chi connectivity index (χ3n) is 5.33. The Morgan fingerprint density at radius 1 is 0.906 bits per heavy atom. The number of H-pyrrole nitrogens is 1. The fourth-order valence-electron chi connectivity index (χ4n) is 3.77. The quantitative estimate of drug-likeness (QED) is 0.413. The molecule has 0 saturated carbocycles. The molecule has 0 aliphatic rings. The first-order chi connectivity index (χ1) is 15.6. The lowest BCUT2D eigenvalue weighted by Crippen LogP contribution is -2.04. The van der Waals surface area contributed by atoms with Crippen molar-refractivity contribution in [1.82, 2.24) is 9.97 Å². The van der Waals surface area contributed by atoms with Gasteiger partial charge in [-0.25, -0.2) is 0 Å². The standard InChI is InChI=1S/C25H17N3O4/c1-30-16-10-19-23(22(11-16)31-2)27-13-14(12-26)25(19)32-15-7-8-21-18(9-15)24(29)17-5-3-4-6-20(17)28-21/h3-11,13H,1-2H3,(H,28,29). The van der Waals surface area contributed by atoms with Crippen molar-refractivity contribution in [3.8, 4) is 29.1 Å². The Balaban J connectivity index is 1.71. The van der Waals surface area contributed by atoms with Crippen LogP contribution in [0, 0.1) is 11.3 Å². The van der Waals surface area contributed by atoms with Gasteiger partial charge in [-0.2, -0.15) is 5.26 Å². The number of aromatic amines is 1. The van der Waals surface area contributed by atoms with E-state index in [1.54, 1.807) is 43.5 Å². The number of aromatic nitrogens is 2. The molecule has 0 bridgehead atoms. The lowest BCUT2D eigenvalue weighted by Gasteiger charge is -2.14. The molecular weight excluding hydrogens is 406 g/mol. The average molecular weight is 423 g/mol. The number of para-hydroxylation sites is 1. The predicted octanol–water partition coefficient (Wildman–Crippen LogP) is 4.91. The molecule has 2 heterocycles. The predicted molar refractivity (Wildman–Crippen MR) is 122 cm³/mol. The zero-order valence-corrected chi connectivity index (χ0v) is 17.3. The molecule has 0 spiro atoms.